The molecule has 0 saturated heterocycles. The van der Waals surface area contributed by atoms with Gasteiger partial charge in [0.25, 0.3) is 0 Å². The van der Waals surface area contributed by atoms with E-state index in [4.69, 9.17) is 5.73 Å². The first-order chi connectivity index (χ1) is 8.57. The van der Waals surface area contributed by atoms with Crippen molar-refractivity contribution < 1.29 is 10.2 Å². The van der Waals surface area contributed by atoms with E-state index in [1.807, 2.05) is 24.5 Å². The minimum absolute atomic E-state index is 0.128. The maximum absolute atomic E-state index is 9.65. The lowest BCUT2D eigenvalue weighted by Crippen LogP contribution is -2.41. The number of nitrogen functional groups attached to an aromatic ring is 1. The molecule has 98 valence electrons. The molecular formula is C13H19N3O2. The van der Waals surface area contributed by atoms with Crippen LogP contribution in [-0.4, -0.2) is 33.0 Å². The summed E-state index contributed by atoms with van der Waals surface area (Å²) in [5.74, 6) is 0.764. The number of aliphatic hydroxyl groups excluding tert-OH is 2. The van der Waals surface area contributed by atoms with Gasteiger partial charge in [0, 0.05) is 5.69 Å². The number of anilines is 1. The summed E-state index contributed by atoms with van der Waals surface area (Å²) in [6, 6.07) is 5.48. The number of hydrogen-bond acceptors (Lipinski definition) is 4. The van der Waals surface area contributed by atoms with Crippen molar-refractivity contribution >= 4 is 16.7 Å². The quantitative estimate of drug-likeness (QED) is 0.706. The highest BCUT2D eigenvalue weighted by Crippen LogP contribution is 2.28. The summed E-state index contributed by atoms with van der Waals surface area (Å²) in [5.41, 5.74) is 7.35. The van der Waals surface area contributed by atoms with Crippen molar-refractivity contribution in [2.75, 3.05) is 18.9 Å². The van der Waals surface area contributed by atoms with Gasteiger partial charge in [-0.2, -0.15) is 0 Å². The van der Waals surface area contributed by atoms with Gasteiger partial charge in [0.2, 0.25) is 0 Å². The number of imidazole rings is 1. The SMILES string of the molecule is CCC(CO)(CO)n1c(C)nc2cc(N)ccc21. The number of nitrogens with two attached hydrogens (primary N) is 1. The number of hydrogen-bond donors (Lipinski definition) is 3. The van der Waals surface area contributed by atoms with Gasteiger partial charge in [-0.15, -0.1) is 0 Å². The number of aromatic nitrogens is 2. The number of aryl methyl sites for hydroxylation is 1. The monoisotopic (exact) mass is 249 g/mol. The van der Waals surface area contributed by atoms with Crippen LogP contribution in [0.4, 0.5) is 5.69 Å². The highest BCUT2D eigenvalue weighted by atomic mass is 16.3. The van der Waals surface area contributed by atoms with Crippen LogP contribution in [0, 0.1) is 6.92 Å². The van der Waals surface area contributed by atoms with E-state index in [0.717, 1.165) is 16.9 Å². The molecule has 0 unspecified atom stereocenters. The second-order valence-corrected chi connectivity index (χ2v) is 4.64. The molecule has 0 atom stereocenters. The lowest BCUT2D eigenvalue weighted by Gasteiger charge is -2.32. The van der Waals surface area contributed by atoms with Gasteiger partial charge in [-0.05, 0) is 31.5 Å². The molecule has 0 aliphatic rings. The third-order valence-electron chi connectivity index (χ3n) is 3.57. The van der Waals surface area contributed by atoms with Crippen LogP contribution in [0.3, 0.4) is 0 Å². The average molecular weight is 249 g/mol. The van der Waals surface area contributed by atoms with Gasteiger partial charge >= 0.3 is 0 Å². The van der Waals surface area contributed by atoms with Gasteiger partial charge in [0.1, 0.15) is 5.82 Å². The fourth-order valence-electron chi connectivity index (χ4n) is 2.39. The number of rotatable bonds is 4. The number of aliphatic hydroxyl groups is 2. The highest BCUT2D eigenvalue weighted by Gasteiger charge is 2.31. The van der Waals surface area contributed by atoms with E-state index >= 15 is 0 Å². The Hall–Kier alpha value is -1.59. The molecule has 0 fully saturated rings. The van der Waals surface area contributed by atoms with Crippen molar-refractivity contribution in [2.24, 2.45) is 0 Å². The minimum atomic E-state index is -0.713. The zero-order valence-corrected chi connectivity index (χ0v) is 10.7. The van der Waals surface area contributed by atoms with Crippen LogP contribution in [0.25, 0.3) is 11.0 Å². The average Bonchev–Trinajstić information content (AvgIpc) is 2.69. The molecule has 2 aromatic rings. The van der Waals surface area contributed by atoms with Gasteiger partial charge in [0.05, 0.1) is 29.8 Å². The molecule has 4 N–H and O–H groups in total. The summed E-state index contributed by atoms with van der Waals surface area (Å²) in [6.45, 7) is 3.55. The molecule has 0 amide bonds. The van der Waals surface area contributed by atoms with Crippen molar-refractivity contribution in [1.82, 2.24) is 9.55 Å². The Bertz CT molecular complexity index is 550. The smallest absolute Gasteiger partial charge is 0.107 e. The maximum atomic E-state index is 9.65. The van der Waals surface area contributed by atoms with Gasteiger partial charge in [-0.1, -0.05) is 6.92 Å². The molecule has 2 rings (SSSR count). The molecule has 1 heterocycles. The summed E-state index contributed by atoms with van der Waals surface area (Å²) < 4.78 is 1.90. The van der Waals surface area contributed by atoms with E-state index in [-0.39, 0.29) is 13.2 Å². The Kier molecular flexibility index (Phi) is 3.28. The highest BCUT2D eigenvalue weighted by molar-refractivity contribution is 5.80. The lowest BCUT2D eigenvalue weighted by atomic mass is 9.97. The molecule has 0 bridgehead atoms. The number of benzene rings is 1. The number of nitrogens with zero attached hydrogens (tertiary/aromatic N) is 2. The van der Waals surface area contributed by atoms with Crippen LogP contribution in [0.15, 0.2) is 18.2 Å². The predicted molar refractivity (Wildman–Crippen MR) is 71.3 cm³/mol. The molecule has 0 radical (unpaired) electrons. The molecule has 0 aliphatic carbocycles. The van der Waals surface area contributed by atoms with E-state index in [0.29, 0.717) is 12.1 Å². The van der Waals surface area contributed by atoms with E-state index < -0.39 is 5.54 Å². The molecular weight excluding hydrogens is 230 g/mol. The molecule has 5 heteroatoms. The largest absolute Gasteiger partial charge is 0.399 e. The van der Waals surface area contributed by atoms with Crippen molar-refractivity contribution in [3.8, 4) is 0 Å². The van der Waals surface area contributed by atoms with Crippen molar-refractivity contribution in [2.45, 2.75) is 25.8 Å². The number of fused-ring (bicyclic) bond motifs is 1. The third kappa shape index (κ3) is 1.76. The Morgan fingerprint density at radius 3 is 2.56 bits per heavy atom. The fourth-order valence-corrected chi connectivity index (χ4v) is 2.39. The Balaban J connectivity index is 2.73. The van der Waals surface area contributed by atoms with E-state index in [9.17, 15) is 10.2 Å². The molecule has 1 aromatic heterocycles. The molecule has 1 aromatic carbocycles. The summed E-state index contributed by atoms with van der Waals surface area (Å²) in [7, 11) is 0. The summed E-state index contributed by atoms with van der Waals surface area (Å²) in [6.07, 6.45) is 0.622. The molecule has 18 heavy (non-hydrogen) atoms. The molecule has 0 saturated carbocycles. The summed E-state index contributed by atoms with van der Waals surface area (Å²) in [5, 5.41) is 19.3. The first kappa shape index (κ1) is 12.9. The van der Waals surface area contributed by atoms with Crippen molar-refractivity contribution in [1.29, 1.82) is 0 Å². The van der Waals surface area contributed by atoms with Crippen molar-refractivity contribution in [3.05, 3.63) is 24.0 Å². The third-order valence-corrected chi connectivity index (χ3v) is 3.57. The minimum Gasteiger partial charge on any atom is -0.399 e. The van der Waals surface area contributed by atoms with Crippen LogP contribution in [0.5, 0.6) is 0 Å². The second kappa shape index (κ2) is 4.59. The predicted octanol–water partition coefficient (Wildman–Crippen LogP) is 1.02. The van der Waals surface area contributed by atoms with Gasteiger partial charge in [0.15, 0.2) is 0 Å². The lowest BCUT2D eigenvalue weighted by molar-refractivity contribution is 0.0613. The second-order valence-electron chi connectivity index (χ2n) is 4.64. The van der Waals surface area contributed by atoms with Crippen LogP contribution in [0.1, 0.15) is 19.2 Å². The van der Waals surface area contributed by atoms with Gasteiger partial charge in [-0.3, -0.25) is 0 Å². The normalized spacial score (nSPS) is 12.2. The van der Waals surface area contributed by atoms with Crippen molar-refractivity contribution in [3.63, 3.8) is 0 Å². The van der Waals surface area contributed by atoms with Gasteiger partial charge < -0.3 is 20.5 Å². The Morgan fingerprint density at radius 1 is 1.33 bits per heavy atom. The summed E-state index contributed by atoms with van der Waals surface area (Å²) >= 11 is 0. The van der Waals surface area contributed by atoms with Gasteiger partial charge in [-0.25, -0.2) is 4.98 Å². The Morgan fingerprint density at radius 2 is 2.00 bits per heavy atom. The standard InChI is InChI=1S/C13H19N3O2/c1-3-13(7-17,8-18)16-9(2)15-11-6-10(14)4-5-12(11)16/h4-6,17-18H,3,7-8,14H2,1-2H3. The Labute approximate surface area is 106 Å². The van der Waals surface area contributed by atoms with Crippen LogP contribution < -0.4 is 5.73 Å². The zero-order chi connectivity index (χ0) is 13.3. The first-order valence-electron chi connectivity index (χ1n) is 6.04. The molecule has 0 aliphatic heterocycles. The zero-order valence-electron chi connectivity index (χ0n) is 10.7. The van der Waals surface area contributed by atoms with Crippen LogP contribution >= 0.6 is 0 Å². The van der Waals surface area contributed by atoms with E-state index in [2.05, 4.69) is 4.98 Å². The molecule has 0 spiro atoms. The van der Waals surface area contributed by atoms with E-state index in [1.165, 1.54) is 0 Å². The van der Waals surface area contributed by atoms with Crippen LogP contribution in [-0.2, 0) is 5.54 Å². The maximum Gasteiger partial charge on any atom is 0.107 e. The first-order valence-corrected chi connectivity index (χ1v) is 6.04. The van der Waals surface area contributed by atoms with E-state index in [1.54, 1.807) is 12.1 Å². The fraction of sp³-hybridized carbons (Fsp3) is 0.462. The topological polar surface area (TPSA) is 84.3 Å². The summed E-state index contributed by atoms with van der Waals surface area (Å²) in [4.78, 5) is 4.44. The molecule has 5 nitrogen and oxygen atoms in total. The van der Waals surface area contributed by atoms with Crippen LogP contribution in [0.2, 0.25) is 0 Å².